The van der Waals surface area contributed by atoms with Gasteiger partial charge in [0.2, 0.25) is 5.91 Å². The Morgan fingerprint density at radius 3 is 2.29 bits per heavy atom. The number of anilines is 2. The van der Waals surface area contributed by atoms with Gasteiger partial charge in [-0.25, -0.2) is 0 Å². The third-order valence-electron chi connectivity index (χ3n) is 3.02. The van der Waals surface area contributed by atoms with E-state index >= 15 is 0 Å². The van der Waals surface area contributed by atoms with Crippen LogP contribution in [0.4, 0.5) is 24.5 Å². The zero-order chi connectivity index (χ0) is 17.7. The maximum atomic E-state index is 12.6. The highest BCUT2D eigenvalue weighted by atomic mass is 35.5. The summed E-state index contributed by atoms with van der Waals surface area (Å²) in [6.07, 6.45) is -4.33. The predicted octanol–water partition coefficient (Wildman–Crippen LogP) is 5.45. The first-order chi connectivity index (χ1) is 11.2. The van der Waals surface area contributed by atoms with Crippen LogP contribution < -0.4 is 10.6 Å². The Balaban J connectivity index is 1.86. The van der Waals surface area contributed by atoms with Crippen LogP contribution in [0.25, 0.3) is 0 Å². The van der Waals surface area contributed by atoms with Gasteiger partial charge in [0.1, 0.15) is 0 Å². The smallest absolute Gasteiger partial charge is 0.385 e. The molecule has 0 saturated heterocycles. The number of carbonyl (C=O) groups is 1. The molecule has 0 radical (unpaired) electrons. The van der Waals surface area contributed by atoms with Crippen LogP contribution in [0.15, 0.2) is 42.5 Å². The number of halogens is 5. The van der Waals surface area contributed by atoms with Crippen LogP contribution in [-0.4, -0.2) is 12.5 Å². The highest BCUT2D eigenvalue weighted by molar-refractivity contribution is 6.35. The number of alkyl halides is 3. The van der Waals surface area contributed by atoms with E-state index in [4.69, 9.17) is 23.2 Å². The highest BCUT2D eigenvalue weighted by Gasteiger charge is 2.30. The number of hydrogen-bond acceptors (Lipinski definition) is 2. The van der Waals surface area contributed by atoms with Crippen LogP contribution in [0, 0.1) is 0 Å². The predicted molar refractivity (Wildman–Crippen MR) is 89.6 cm³/mol. The molecule has 128 valence electrons. The molecule has 0 atom stereocenters. The molecular formula is C16H13Cl2F3N2O. The standard InChI is InChI=1S/C16H13Cl2F3N2O/c17-11-7-12(18)9-14(8-11)23-15(24)4-5-22-13-3-1-2-10(6-13)16(19,20)21/h1-3,6-9,22H,4-5H2,(H,23,24). The van der Waals surface area contributed by atoms with Crippen LogP contribution >= 0.6 is 23.2 Å². The van der Waals surface area contributed by atoms with Gasteiger partial charge in [-0.3, -0.25) is 4.79 Å². The Bertz CT molecular complexity index is 715. The summed E-state index contributed by atoms with van der Waals surface area (Å²) in [6.45, 7) is 0.182. The summed E-state index contributed by atoms with van der Waals surface area (Å²) in [7, 11) is 0. The maximum Gasteiger partial charge on any atom is 0.416 e. The average Bonchev–Trinajstić information content (AvgIpc) is 2.45. The molecule has 24 heavy (non-hydrogen) atoms. The van der Waals surface area contributed by atoms with Gasteiger partial charge >= 0.3 is 6.18 Å². The van der Waals surface area contributed by atoms with Crippen molar-refractivity contribution >= 4 is 40.5 Å². The largest absolute Gasteiger partial charge is 0.416 e. The van der Waals surface area contributed by atoms with E-state index in [0.29, 0.717) is 21.4 Å². The van der Waals surface area contributed by atoms with Gasteiger partial charge in [0.25, 0.3) is 0 Å². The Kier molecular flexibility index (Phi) is 5.96. The minimum atomic E-state index is -4.40. The van der Waals surface area contributed by atoms with Crippen LogP contribution in [0.5, 0.6) is 0 Å². The molecule has 0 saturated carbocycles. The van der Waals surface area contributed by atoms with Crippen molar-refractivity contribution in [2.75, 3.05) is 17.2 Å². The fourth-order valence-electron chi connectivity index (χ4n) is 1.98. The summed E-state index contributed by atoms with van der Waals surface area (Å²) in [5, 5.41) is 6.18. The molecule has 0 bridgehead atoms. The zero-order valence-electron chi connectivity index (χ0n) is 12.3. The fraction of sp³-hybridized carbons (Fsp3) is 0.188. The highest BCUT2D eigenvalue weighted by Crippen LogP contribution is 2.30. The van der Waals surface area contributed by atoms with Crippen molar-refractivity contribution < 1.29 is 18.0 Å². The lowest BCUT2D eigenvalue weighted by atomic mass is 10.2. The van der Waals surface area contributed by atoms with Crippen molar-refractivity contribution in [3.8, 4) is 0 Å². The van der Waals surface area contributed by atoms with Crippen LogP contribution in [0.3, 0.4) is 0 Å². The molecule has 0 heterocycles. The molecule has 8 heteroatoms. The molecular weight excluding hydrogens is 364 g/mol. The Morgan fingerprint density at radius 2 is 1.67 bits per heavy atom. The maximum absolute atomic E-state index is 12.6. The van der Waals surface area contributed by atoms with Crippen LogP contribution in [0.2, 0.25) is 10.0 Å². The summed E-state index contributed by atoms with van der Waals surface area (Å²) in [5.41, 5.74) is 0.00511. The number of benzene rings is 2. The lowest BCUT2D eigenvalue weighted by Crippen LogP contribution is -2.16. The van der Waals surface area contributed by atoms with Gasteiger partial charge in [-0.15, -0.1) is 0 Å². The first-order valence-electron chi connectivity index (χ1n) is 6.91. The molecule has 0 aliphatic carbocycles. The molecule has 1 amide bonds. The molecule has 3 nitrogen and oxygen atoms in total. The molecule has 0 aliphatic heterocycles. The monoisotopic (exact) mass is 376 g/mol. The lowest BCUT2D eigenvalue weighted by molar-refractivity contribution is -0.137. The fourth-order valence-corrected chi connectivity index (χ4v) is 2.50. The molecule has 2 aromatic rings. The summed E-state index contributed by atoms with van der Waals surface area (Å²) >= 11 is 11.7. The van der Waals surface area contributed by atoms with Crippen molar-refractivity contribution in [1.29, 1.82) is 0 Å². The van der Waals surface area contributed by atoms with Crippen molar-refractivity contribution in [3.05, 3.63) is 58.1 Å². The van der Waals surface area contributed by atoms with E-state index in [1.165, 1.54) is 18.2 Å². The van der Waals surface area contributed by atoms with Gasteiger partial charge in [-0.2, -0.15) is 13.2 Å². The Labute approximate surface area is 146 Å². The number of nitrogens with one attached hydrogen (secondary N) is 2. The van der Waals surface area contributed by atoms with Crippen molar-refractivity contribution in [2.45, 2.75) is 12.6 Å². The number of rotatable bonds is 5. The van der Waals surface area contributed by atoms with Gasteiger partial charge in [0.05, 0.1) is 5.56 Å². The minimum absolute atomic E-state index is 0.0698. The number of amides is 1. The summed E-state index contributed by atoms with van der Waals surface area (Å²) in [4.78, 5) is 11.8. The third-order valence-corrected chi connectivity index (χ3v) is 3.45. The number of hydrogen-bond donors (Lipinski definition) is 2. The molecule has 0 fully saturated rings. The van der Waals surface area contributed by atoms with E-state index < -0.39 is 11.7 Å². The molecule has 2 N–H and O–H groups in total. The van der Waals surface area contributed by atoms with E-state index in [-0.39, 0.29) is 18.9 Å². The van der Waals surface area contributed by atoms with E-state index in [2.05, 4.69) is 10.6 Å². The lowest BCUT2D eigenvalue weighted by Gasteiger charge is -2.11. The summed E-state index contributed by atoms with van der Waals surface area (Å²) in [6, 6.07) is 9.42. The first kappa shape index (κ1) is 18.4. The second kappa shape index (κ2) is 7.77. The van der Waals surface area contributed by atoms with E-state index in [1.807, 2.05) is 0 Å². The summed E-state index contributed by atoms with van der Waals surface area (Å²) in [5.74, 6) is -0.312. The molecule has 0 aromatic heterocycles. The second-order valence-electron chi connectivity index (χ2n) is 4.96. The van der Waals surface area contributed by atoms with Crippen molar-refractivity contribution in [1.82, 2.24) is 0 Å². The molecule has 0 spiro atoms. The van der Waals surface area contributed by atoms with Crippen LogP contribution in [-0.2, 0) is 11.0 Å². The van der Waals surface area contributed by atoms with Gasteiger partial charge in [-0.1, -0.05) is 29.3 Å². The van der Waals surface area contributed by atoms with Gasteiger partial charge < -0.3 is 10.6 Å². The molecule has 0 unspecified atom stereocenters. The second-order valence-corrected chi connectivity index (χ2v) is 5.83. The summed E-state index contributed by atoms with van der Waals surface area (Å²) < 4.78 is 37.8. The van der Waals surface area contributed by atoms with Gasteiger partial charge in [-0.05, 0) is 36.4 Å². The topological polar surface area (TPSA) is 41.1 Å². The zero-order valence-corrected chi connectivity index (χ0v) is 13.8. The quantitative estimate of drug-likeness (QED) is 0.727. The van der Waals surface area contributed by atoms with Crippen LogP contribution in [0.1, 0.15) is 12.0 Å². The van der Waals surface area contributed by atoms with Gasteiger partial charge in [0.15, 0.2) is 0 Å². The van der Waals surface area contributed by atoms with Crippen molar-refractivity contribution in [3.63, 3.8) is 0 Å². The molecule has 0 aliphatic rings. The molecule has 2 aromatic carbocycles. The minimum Gasteiger partial charge on any atom is -0.385 e. The van der Waals surface area contributed by atoms with Gasteiger partial charge in [0, 0.05) is 34.4 Å². The van der Waals surface area contributed by atoms with E-state index in [0.717, 1.165) is 12.1 Å². The number of carbonyl (C=O) groups excluding carboxylic acids is 1. The van der Waals surface area contributed by atoms with E-state index in [9.17, 15) is 18.0 Å². The molecule has 2 rings (SSSR count). The first-order valence-corrected chi connectivity index (χ1v) is 7.67. The SMILES string of the molecule is O=C(CCNc1cccc(C(F)(F)F)c1)Nc1cc(Cl)cc(Cl)c1. The van der Waals surface area contributed by atoms with Crippen molar-refractivity contribution in [2.24, 2.45) is 0 Å². The normalized spacial score (nSPS) is 11.2. The Morgan fingerprint density at radius 1 is 1.00 bits per heavy atom. The average molecular weight is 377 g/mol. The third kappa shape index (κ3) is 5.62. The Hall–Kier alpha value is -1.92. The van der Waals surface area contributed by atoms with E-state index in [1.54, 1.807) is 12.1 Å².